The van der Waals surface area contributed by atoms with Gasteiger partial charge in [-0.25, -0.2) is 8.78 Å². The molecule has 1 heterocycles. The van der Waals surface area contributed by atoms with Gasteiger partial charge in [0.15, 0.2) is 0 Å². The van der Waals surface area contributed by atoms with Crippen LogP contribution in [0, 0.1) is 23.5 Å². The first kappa shape index (κ1) is 42.0. The van der Waals surface area contributed by atoms with Gasteiger partial charge in [0.05, 0.1) is 49.2 Å². The molecule has 278 valence electrons. The monoisotopic (exact) mass is 696 g/mol. The minimum absolute atomic E-state index is 0.0164. The summed E-state index contributed by atoms with van der Waals surface area (Å²) < 4.78 is 39.7. The standard InChI is InChI=1S/C35H58F2N6O6/c1-10-12-27(42(7)31(45)19-40-35(47)32(21(2)3)41(5)6)29(48-8)18-30(44)43-20-23(38)17-28(43)33(49-9)22(4)34(46)39-16-15-24-25(36)13-11-14-26(24)37/h11,13-14,21-23,27-29,32-33H,10,12,15-20,38H2,1-9H3,(H,39,46)(H,40,47)/t22?,23?,27-,28?,29?,32?,33?/m0/s1. The van der Waals surface area contributed by atoms with Gasteiger partial charge in [-0.3, -0.25) is 24.1 Å². The van der Waals surface area contributed by atoms with Gasteiger partial charge in [-0.1, -0.05) is 40.2 Å². The number of halogens is 2. The number of benzene rings is 1. The van der Waals surface area contributed by atoms with Crippen molar-refractivity contribution in [1.82, 2.24) is 25.3 Å². The number of carbonyl (C=O) groups excluding carboxylic acids is 4. The predicted octanol–water partition coefficient (Wildman–Crippen LogP) is 1.94. The second-order valence-electron chi connectivity index (χ2n) is 13.5. The van der Waals surface area contributed by atoms with Crippen LogP contribution in [0.3, 0.4) is 0 Å². The normalized spacial score (nSPS) is 19.3. The summed E-state index contributed by atoms with van der Waals surface area (Å²) in [6.07, 6.45) is 0.253. The third kappa shape index (κ3) is 11.4. The number of likely N-dealkylation sites (tertiary alicyclic amines) is 1. The molecule has 0 saturated carbocycles. The zero-order chi connectivity index (χ0) is 37.0. The van der Waals surface area contributed by atoms with E-state index in [9.17, 15) is 28.0 Å². The molecule has 0 aromatic heterocycles. The Labute approximate surface area is 290 Å². The number of nitrogens with one attached hydrogen (secondary N) is 2. The molecule has 0 radical (unpaired) electrons. The number of methoxy groups -OCH3 is 2. The number of hydrogen-bond donors (Lipinski definition) is 3. The Morgan fingerprint density at radius 3 is 2.18 bits per heavy atom. The van der Waals surface area contributed by atoms with Crippen molar-refractivity contribution < 1.29 is 37.4 Å². The fraction of sp³-hybridized carbons (Fsp3) is 0.714. The Kier molecular flexibility index (Phi) is 17.0. The van der Waals surface area contributed by atoms with Gasteiger partial charge < -0.3 is 35.6 Å². The van der Waals surface area contributed by atoms with Crippen molar-refractivity contribution in [2.45, 2.75) is 96.2 Å². The summed E-state index contributed by atoms with van der Waals surface area (Å²) in [7, 11) is 8.24. The van der Waals surface area contributed by atoms with E-state index < -0.39 is 41.8 Å². The maximum atomic E-state index is 14.0. The van der Waals surface area contributed by atoms with E-state index in [0.29, 0.717) is 12.8 Å². The summed E-state index contributed by atoms with van der Waals surface area (Å²) in [6.45, 7) is 7.62. The molecule has 0 spiro atoms. The van der Waals surface area contributed by atoms with Crippen LogP contribution in [0.5, 0.6) is 0 Å². The molecule has 1 fully saturated rings. The zero-order valence-electron chi connectivity index (χ0n) is 30.6. The van der Waals surface area contributed by atoms with Crippen molar-refractivity contribution in [3.8, 4) is 0 Å². The molecule has 1 aliphatic rings. The first-order valence-electron chi connectivity index (χ1n) is 17.1. The summed E-state index contributed by atoms with van der Waals surface area (Å²) in [4.78, 5) is 58.1. The smallest absolute Gasteiger partial charge is 0.242 e. The Bertz CT molecular complexity index is 1220. The third-order valence-electron chi connectivity index (χ3n) is 9.44. The van der Waals surface area contributed by atoms with Crippen molar-refractivity contribution in [2.75, 3.05) is 55.0 Å². The van der Waals surface area contributed by atoms with Crippen molar-refractivity contribution in [3.63, 3.8) is 0 Å². The lowest BCUT2D eigenvalue weighted by Gasteiger charge is -2.37. The molecule has 49 heavy (non-hydrogen) atoms. The van der Waals surface area contributed by atoms with E-state index in [2.05, 4.69) is 10.6 Å². The Hall–Kier alpha value is -3.20. The predicted molar refractivity (Wildman–Crippen MR) is 183 cm³/mol. The molecule has 1 aromatic rings. The van der Waals surface area contributed by atoms with E-state index in [1.165, 1.54) is 37.3 Å². The van der Waals surface area contributed by atoms with Gasteiger partial charge in [0, 0.05) is 46.0 Å². The number of amides is 4. The van der Waals surface area contributed by atoms with E-state index in [1.807, 2.05) is 39.8 Å². The Morgan fingerprint density at radius 1 is 1.02 bits per heavy atom. The molecule has 2 rings (SSSR count). The quantitative estimate of drug-likeness (QED) is 0.199. The maximum absolute atomic E-state index is 14.0. The topological polar surface area (TPSA) is 147 Å². The number of nitrogens with two attached hydrogens (primary N) is 1. The van der Waals surface area contributed by atoms with Crippen molar-refractivity contribution >= 4 is 23.6 Å². The van der Waals surface area contributed by atoms with Crippen molar-refractivity contribution in [2.24, 2.45) is 17.6 Å². The minimum atomic E-state index is -0.714. The highest BCUT2D eigenvalue weighted by Crippen LogP contribution is 2.28. The molecule has 1 aliphatic heterocycles. The molecule has 4 N–H and O–H groups in total. The highest BCUT2D eigenvalue weighted by atomic mass is 19.1. The summed E-state index contributed by atoms with van der Waals surface area (Å²) >= 11 is 0. The van der Waals surface area contributed by atoms with Crippen LogP contribution in [0.15, 0.2) is 18.2 Å². The van der Waals surface area contributed by atoms with Crippen molar-refractivity contribution in [1.29, 1.82) is 0 Å². The van der Waals surface area contributed by atoms with Gasteiger partial charge in [-0.05, 0) is 51.4 Å². The van der Waals surface area contributed by atoms with Crippen molar-refractivity contribution in [3.05, 3.63) is 35.4 Å². The summed E-state index contributed by atoms with van der Waals surface area (Å²) in [6, 6.07) is 1.92. The lowest BCUT2D eigenvalue weighted by atomic mass is 9.93. The highest BCUT2D eigenvalue weighted by Gasteiger charge is 2.43. The fourth-order valence-corrected chi connectivity index (χ4v) is 6.89. The average molecular weight is 697 g/mol. The molecule has 1 saturated heterocycles. The first-order chi connectivity index (χ1) is 23.1. The fourth-order valence-electron chi connectivity index (χ4n) is 6.89. The Balaban J connectivity index is 2.12. The maximum Gasteiger partial charge on any atom is 0.242 e. The van der Waals surface area contributed by atoms with Gasteiger partial charge >= 0.3 is 0 Å². The molecule has 6 unspecified atom stereocenters. The lowest BCUT2D eigenvalue weighted by molar-refractivity contribution is -0.144. The first-order valence-corrected chi connectivity index (χ1v) is 17.1. The number of rotatable bonds is 19. The van der Waals surface area contributed by atoms with Gasteiger partial charge in [0.2, 0.25) is 23.6 Å². The number of ether oxygens (including phenoxy) is 2. The van der Waals surface area contributed by atoms with E-state index in [1.54, 1.807) is 18.9 Å². The number of hydrogen-bond acceptors (Lipinski definition) is 8. The van der Waals surface area contributed by atoms with Gasteiger partial charge in [-0.2, -0.15) is 0 Å². The minimum Gasteiger partial charge on any atom is -0.379 e. The Morgan fingerprint density at radius 2 is 1.65 bits per heavy atom. The number of nitrogens with zero attached hydrogens (tertiary/aromatic N) is 3. The molecule has 12 nitrogen and oxygen atoms in total. The molecular formula is C35H58F2N6O6. The second kappa shape index (κ2) is 19.9. The van der Waals surface area contributed by atoms with E-state index in [-0.39, 0.29) is 79.7 Å². The molecule has 7 atom stereocenters. The zero-order valence-corrected chi connectivity index (χ0v) is 30.6. The highest BCUT2D eigenvalue weighted by molar-refractivity contribution is 5.87. The largest absolute Gasteiger partial charge is 0.379 e. The molecule has 0 bridgehead atoms. The van der Waals surface area contributed by atoms with Crippen LogP contribution in [0.1, 0.15) is 58.9 Å². The molecular weight excluding hydrogens is 638 g/mol. The number of likely N-dealkylation sites (N-methyl/N-ethyl adjacent to an activating group) is 2. The van der Waals surface area contributed by atoms with Crippen LogP contribution in [-0.4, -0.2) is 130 Å². The van der Waals surface area contributed by atoms with Crippen LogP contribution in [0.25, 0.3) is 0 Å². The van der Waals surface area contributed by atoms with Gasteiger partial charge in [0.1, 0.15) is 11.6 Å². The summed E-state index contributed by atoms with van der Waals surface area (Å²) in [5, 5.41) is 5.49. The number of carbonyl (C=O) groups is 4. The van der Waals surface area contributed by atoms with E-state index in [4.69, 9.17) is 15.2 Å². The molecule has 4 amide bonds. The average Bonchev–Trinajstić information content (AvgIpc) is 3.43. The third-order valence-corrected chi connectivity index (χ3v) is 9.44. The molecule has 0 aliphatic carbocycles. The van der Waals surface area contributed by atoms with Crippen LogP contribution in [0.4, 0.5) is 8.78 Å². The van der Waals surface area contributed by atoms with Crippen LogP contribution >= 0.6 is 0 Å². The SMILES string of the molecule is CCC[C@@H](C(CC(=O)N1CC(N)CC1C(OC)C(C)C(=O)NCCc1c(F)cccc1F)OC)N(C)C(=O)CNC(=O)C(C(C)C)N(C)C. The van der Waals surface area contributed by atoms with Gasteiger partial charge in [-0.15, -0.1) is 0 Å². The lowest BCUT2D eigenvalue weighted by Crippen LogP contribution is -2.53. The summed E-state index contributed by atoms with van der Waals surface area (Å²) in [5.41, 5.74) is 6.22. The van der Waals surface area contributed by atoms with Crippen LogP contribution < -0.4 is 16.4 Å². The molecule has 14 heteroatoms. The van der Waals surface area contributed by atoms with Gasteiger partial charge in [0.25, 0.3) is 0 Å². The molecule has 1 aromatic carbocycles. The van der Waals surface area contributed by atoms with E-state index in [0.717, 1.165) is 6.42 Å². The second-order valence-corrected chi connectivity index (χ2v) is 13.5. The summed E-state index contributed by atoms with van der Waals surface area (Å²) in [5.74, 6) is -3.20. The van der Waals surface area contributed by atoms with Crippen LogP contribution in [0.2, 0.25) is 0 Å². The van der Waals surface area contributed by atoms with Crippen LogP contribution in [-0.2, 0) is 35.1 Å². The van der Waals surface area contributed by atoms with E-state index >= 15 is 0 Å².